The number of nitrogens with one attached hydrogen (secondary N) is 1. The highest BCUT2D eigenvalue weighted by molar-refractivity contribution is 5.07. The van der Waals surface area contributed by atoms with Gasteiger partial charge in [0.25, 0.3) is 0 Å². The zero-order valence-corrected chi connectivity index (χ0v) is 7.12. The van der Waals surface area contributed by atoms with E-state index in [4.69, 9.17) is 4.74 Å². The average molecular weight is 169 g/mol. The van der Waals surface area contributed by atoms with Crippen LogP contribution in [0.1, 0.15) is 12.8 Å². The molecule has 0 aliphatic carbocycles. The molecule has 0 spiro atoms. The van der Waals surface area contributed by atoms with Gasteiger partial charge in [0.1, 0.15) is 0 Å². The number of hydrogen-bond acceptors (Lipinski definition) is 3. The topological polar surface area (TPSA) is 41.5 Å². The predicted octanol–water partition coefficient (Wildman–Crippen LogP) is 0.261. The van der Waals surface area contributed by atoms with E-state index in [9.17, 15) is 5.11 Å². The van der Waals surface area contributed by atoms with Crippen LogP contribution in [0.3, 0.4) is 0 Å². The van der Waals surface area contributed by atoms with Gasteiger partial charge in [0, 0.05) is 13.1 Å². The van der Waals surface area contributed by atoms with Gasteiger partial charge in [-0.1, -0.05) is 0 Å². The van der Waals surface area contributed by atoms with E-state index in [1.807, 2.05) is 0 Å². The third-order valence-corrected chi connectivity index (χ3v) is 2.51. The molecule has 2 atom stereocenters. The van der Waals surface area contributed by atoms with E-state index in [-0.39, 0.29) is 12.0 Å². The molecule has 2 unspecified atom stereocenters. The zero-order chi connectivity index (χ0) is 8.39. The molecule has 68 valence electrons. The Hall–Kier alpha value is -0.540. The van der Waals surface area contributed by atoms with E-state index in [0.29, 0.717) is 6.54 Å². The molecule has 2 aliphatic heterocycles. The number of allylic oxidation sites excluding steroid dienone is 1. The predicted molar refractivity (Wildman–Crippen MR) is 45.6 cm³/mol. The van der Waals surface area contributed by atoms with Gasteiger partial charge in [-0.15, -0.1) is 0 Å². The summed E-state index contributed by atoms with van der Waals surface area (Å²) in [5.74, 6) is 1.20. The van der Waals surface area contributed by atoms with Gasteiger partial charge in [-0.25, -0.2) is 0 Å². The lowest BCUT2D eigenvalue weighted by atomic mass is 10.0. The summed E-state index contributed by atoms with van der Waals surface area (Å²) < 4.78 is 5.49. The molecule has 1 saturated heterocycles. The van der Waals surface area contributed by atoms with Gasteiger partial charge in [0.2, 0.25) is 0 Å². The van der Waals surface area contributed by atoms with Gasteiger partial charge in [-0.2, -0.15) is 0 Å². The van der Waals surface area contributed by atoms with E-state index in [1.165, 1.54) is 0 Å². The molecule has 0 aromatic carbocycles. The Balaban J connectivity index is 2.02. The van der Waals surface area contributed by atoms with E-state index in [0.717, 1.165) is 31.8 Å². The Morgan fingerprint density at radius 3 is 3.00 bits per heavy atom. The Labute approximate surface area is 72.4 Å². The Morgan fingerprint density at radius 1 is 1.50 bits per heavy atom. The SMILES string of the molecule is OC1CNCC1C1=CCCCO1. The molecule has 2 aliphatic rings. The maximum absolute atomic E-state index is 9.56. The normalized spacial score (nSPS) is 35.9. The summed E-state index contributed by atoms with van der Waals surface area (Å²) in [6, 6.07) is 0. The minimum absolute atomic E-state index is 0.199. The van der Waals surface area contributed by atoms with Gasteiger partial charge in [0.15, 0.2) is 0 Å². The van der Waals surface area contributed by atoms with Crippen molar-refractivity contribution in [3.05, 3.63) is 11.8 Å². The summed E-state index contributed by atoms with van der Waals surface area (Å²) in [6.07, 6.45) is 4.07. The Morgan fingerprint density at radius 2 is 2.42 bits per heavy atom. The number of aliphatic hydroxyl groups is 1. The van der Waals surface area contributed by atoms with Crippen molar-refractivity contribution in [2.75, 3.05) is 19.7 Å². The first kappa shape index (κ1) is 8.08. The summed E-state index contributed by atoms with van der Waals surface area (Å²) in [6.45, 7) is 2.37. The molecule has 2 heterocycles. The highest BCUT2D eigenvalue weighted by Crippen LogP contribution is 2.23. The molecule has 0 radical (unpaired) electrons. The molecule has 2 rings (SSSR count). The second-order valence-corrected chi connectivity index (χ2v) is 3.43. The molecular formula is C9H15NO2. The van der Waals surface area contributed by atoms with Gasteiger partial charge in [-0.3, -0.25) is 0 Å². The first-order valence-corrected chi connectivity index (χ1v) is 4.59. The van der Waals surface area contributed by atoms with Crippen molar-refractivity contribution >= 4 is 0 Å². The second kappa shape index (κ2) is 3.46. The molecule has 3 nitrogen and oxygen atoms in total. The second-order valence-electron chi connectivity index (χ2n) is 3.43. The quantitative estimate of drug-likeness (QED) is 0.591. The fourth-order valence-corrected chi connectivity index (χ4v) is 1.79. The fourth-order valence-electron chi connectivity index (χ4n) is 1.79. The first-order valence-electron chi connectivity index (χ1n) is 4.59. The molecule has 2 N–H and O–H groups in total. The van der Waals surface area contributed by atoms with Gasteiger partial charge >= 0.3 is 0 Å². The molecule has 12 heavy (non-hydrogen) atoms. The van der Waals surface area contributed by atoms with Crippen molar-refractivity contribution in [3.63, 3.8) is 0 Å². The van der Waals surface area contributed by atoms with Gasteiger partial charge < -0.3 is 15.2 Å². The third-order valence-electron chi connectivity index (χ3n) is 2.51. The fraction of sp³-hybridized carbons (Fsp3) is 0.778. The molecule has 0 aromatic rings. The van der Waals surface area contributed by atoms with Crippen molar-refractivity contribution < 1.29 is 9.84 Å². The molecule has 1 fully saturated rings. The van der Waals surface area contributed by atoms with Gasteiger partial charge in [0.05, 0.1) is 24.4 Å². The number of hydrogen-bond donors (Lipinski definition) is 2. The van der Waals surface area contributed by atoms with Crippen LogP contribution in [0.4, 0.5) is 0 Å². The van der Waals surface area contributed by atoms with Crippen LogP contribution in [0.15, 0.2) is 11.8 Å². The maximum Gasteiger partial charge on any atom is 0.0990 e. The molecule has 0 amide bonds. The average Bonchev–Trinajstić information content (AvgIpc) is 2.53. The van der Waals surface area contributed by atoms with Crippen LogP contribution in [0.2, 0.25) is 0 Å². The van der Waals surface area contributed by atoms with Crippen molar-refractivity contribution in [1.82, 2.24) is 5.32 Å². The van der Waals surface area contributed by atoms with Crippen LogP contribution >= 0.6 is 0 Å². The summed E-state index contributed by atoms with van der Waals surface area (Å²) >= 11 is 0. The molecular weight excluding hydrogens is 154 g/mol. The minimum Gasteiger partial charge on any atom is -0.498 e. The number of β-amino-alcohol motifs (C(OH)–C–C–N with tert-alkyl or cyclic N) is 1. The molecule has 0 aromatic heterocycles. The van der Waals surface area contributed by atoms with E-state index in [1.54, 1.807) is 0 Å². The third kappa shape index (κ3) is 1.47. The Kier molecular flexibility index (Phi) is 2.33. The summed E-state index contributed by atoms with van der Waals surface area (Å²) in [5, 5.41) is 12.7. The number of aliphatic hydroxyl groups excluding tert-OH is 1. The monoisotopic (exact) mass is 169 g/mol. The van der Waals surface area contributed by atoms with Crippen molar-refractivity contribution in [2.45, 2.75) is 18.9 Å². The zero-order valence-electron chi connectivity index (χ0n) is 7.12. The van der Waals surface area contributed by atoms with Crippen LogP contribution in [-0.4, -0.2) is 30.9 Å². The maximum atomic E-state index is 9.56. The van der Waals surface area contributed by atoms with Gasteiger partial charge in [-0.05, 0) is 18.9 Å². The summed E-state index contributed by atoms with van der Waals surface area (Å²) in [5.41, 5.74) is 0. The van der Waals surface area contributed by atoms with Crippen molar-refractivity contribution in [3.8, 4) is 0 Å². The smallest absolute Gasteiger partial charge is 0.0990 e. The molecule has 0 bridgehead atoms. The van der Waals surface area contributed by atoms with Crippen molar-refractivity contribution in [2.24, 2.45) is 5.92 Å². The largest absolute Gasteiger partial charge is 0.498 e. The number of rotatable bonds is 1. The van der Waals surface area contributed by atoms with E-state index < -0.39 is 0 Å². The molecule has 0 saturated carbocycles. The van der Waals surface area contributed by atoms with Crippen LogP contribution in [0.25, 0.3) is 0 Å². The lowest BCUT2D eigenvalue weighted by Crippen LogP contribution is -2.22. The Bertz CT molecular complexity index is 191. The highest BCUT2D eigenvalue weighted by Gasteiger charge is 2.29. The summed E-state index contributed by atoms with van der Waals surface area (Å²) in [4.78, 5) is 0. The van der Waals surface area contributed by atoms with Crippen LogP contribution in [0.5, 0.6) is 0 Å². The number of ether oxygens (including phenoxy) is 1. The standard InChI is InChI=1S/C9H15NO2/c11-8-6-10-5-7(8)9-3-1-2-4-12-9/h3,7-8,10-11H,1-2,4-6H2. The first-order chi connectivity index (χ1) is 5.88. The highest BCUT2D eigenvalue weighted by atomic mass is 16.5. The lowest BCUT2D eigenvalue weighted by Gasteiger charge is -2.21. The summed E-state index contributed by atoms with van der Waals surface area (Å²) in [7, 11) is 0. The molecule has 3 heteroatoms. The van der Waals surface area contributed by atoms with Crippen molar-refractivity contribution in [1.29, 1.82) is 0 Å². The van der Waals surface area contributed by atoms with E-state index >= 15 is 0 Å². The van der Waals surface area contributed by atoms with Crippen LogP contribution in [-0.2, 0) is 4.74 Å². The lowest BCUT2D eigenvalue weighted by molar-refractivity contribution is 0.0991. The van der Waals surface area contributed by atoms with Crippen LogP contribution in [0, 0.1) is 5.92 Å². The van der Waals surface area contributed by atoms with E-state index in [2.05, 4.69) is 11.4 Å². The van der Waals surface area contributed by atoms with Crippen LogP contribution < -0.4 is 5.32 Å². The minimum atomic E-state index is -0.255.